The normalized spacial score (nSPS) is 36.2. The summed E-state index contributed by atoms with van der Waals surface area (Å²) >= 11 is 5.74. The number of halogens is 1. The maximum atomic E-state index is 5.74. The highest BCUT2D eigenvalue weighted by atomic mass is 35.5. The largest absolute Gasteiger partial charge is 0.225 e. The number of fused-ring (bicyclic) bond motifs is 1. The molecule has 0 spiro atoms. The van der Waals surface area contributed by atoms with Gasteiger partial charge in [-0.25, -0.2) is 4.68 Å². The predicted octanol–water partition coefficient (Wildman–Crippen LogP) is 1.38. The Hall–Kier alpha value is -0.640. The number of hydrogen-bond acceptors (Lipinski definition) is 3. The quantitative estimate of drug-likeness (QED) is 0.675. The standard InChI is InChI=1S/C8H11ClN4/c9-4-8-10-11-12-13(8)7-2-5-1-6(5)3-7/h5-7H,1-4H2. The molecule has 3 rings (SSSR count). The number of alkyl halides is 1. The van der Waals surface area contributed by atoms with E-state index >= 15 is 0 Å². The molecule has 0 radical (unpaired) electrons. The highest BCUT2D eigenvalue weighted by Gasteiger charge is 2.47. The third-order valence-electron chi connectivity index (χ3n) is 3.25. The smallest absolute Gasteiger partial charge is 0.166 e. The molecule has 0 aliphatic heterocycles. The summed E-state index contributed by atoms with van der Waals surface area (Å²) < 4.78 is 1.92. The van der Waals surface area contributed by atoms with Crippen LogP contribution in [0.3, 0.4) is 0 Å². The summed E-state index contributed by atoms with van der Waals surface area (Å²) in [5, 5.41) is 11.5. The van der Waals surface area contributed by atoms with E-state index in [0.29, 0.717) is 11.9 Å². The van der Waals surface area contributed by atoms with Gasteiger partial charge in [-0.3, -0.25) is 0 Å². The first-order valence-electron chi connectivity index (χ1n) is 4.71. The van der Waals surface area contributed by atoms with Crippen molar-refractivity contribution in [1.82, 2.24) is 20.2 Å². The van der Waals surface area contributed by atoms with Crippen LogP contribution in [0.4, 0.5) is 0 Å². The molecule has 0 saturated heterocycles. The average molecular weight is 199 g/mol. The van der Waals surface area contributed by atoms with Crippen molar-refractivity contribution in [2.24, 2.45) is 11.8 Å². The Morgan fingerprint density at radius 3 is 2.77 bits per heavy atom. The molecular weight excluding hydrogens is 188 g/mol. The number of aromatic nitrogens is 4. The molecule has 0 aromatic carbocycles. The van der Waals surface area contributed by atoms with Crippen LogP contribution >= 0.6 is 11.6 Å². The average Bonchev–Trinajstić information content (AvgIpc) is 2.67. The van der Waals surface area contributed by atoms with Gasteiger partial charge in [0.05, 0.1) is 11.9 Å². The highest BCUT2D eigenvalue weighted by Crippen LogP contribution is 2.55. The maximum absolute atomic E-state index is 5.74. The monoisotopic (exact) mass is 198 g/mol. The molecule has 4 nitrogen and oxygen atoms in total. The van der Waals surface area contributed by atoms with Gasteiger partial charge in [-0.2, -0.15) is 0 Å². The van der Waals surface area contributed by atoms with E-state index in [1.807, 2.05) is 4.68 Å². The van der Waals surface area contributed by atoms with Crippen molar-refractivity contribution in [1.29, 1.82) is 0 Å². The highest BCUT2D eigenvalue weighted by molar-refractivity contribution is 6.16. The van der Waals surface area contributed by atoms with Gasteiger partial charge < -0.3 is 0 Å². The molecule has 70 valence electrons. The Morgan fingerprint density at radius 1 is 1.31 bits per heavy atom. The van der Waals surface area contributed by atoms with Gasteiger partial charge >= 0.3 is 0 Å². The number of tetrazole rings is 1. The van der Waals surface area contributed by atoms with Crippen LogP contribution in [0.25, 0.3) is 0 Å². The second kappa shape index (κ2) is 2.67. The summed E-state index contributed by atoms with van der Waals surface area (Å²) in [6.07, 6.45) is 3.92. The zero-order valence-electron chi connectivity index (χ0n) is 7.23. The lowest BCUT2D eigenvalue weighted by atomic mass is 10.2. The van der Waals surface area contributed by atoms with Gasteiger partial charge in [0.1, 0.15) is 0 Å². The molecule has 0 amide bonds. The summed E-state index contributed by atoms with van der Waals surface area (Å²) in [5.41, 5.74) is 0. The van der Waals surface area contributed by atoms with Gasteiger partial charge in [-0.1, -0.05) is 0 Å². The molecule has 5 heteroatoms. The molecule has 13 heavy (non-hydrogen) atoms. The first kappa shape index (κ1) is 7.74. The zero-order chi connectivity index (χ0) is 8.84. The fourth-order valence-electron chi connectivity index (χ4n) is 2.47. The van der Waals surface area contributed by atoms with E-state index < -0.39 is 0 Å². The van der Waals surface area contributed by atoms with Crippen molar-refractivity contribution in [3.05, 3.63) is 5.82 Å². The van der Waals surface area contributed by atoms with Gasteiger partial charge in [-0.15, -0.1) is 16.7 Å². The van der Waals surface area contributed by atoms with Crippen molar-refractivity contribution in [2.75, 3.05) is 0 Å². The van der Waals surface area contributed by atoms with Crippen molar-refractivity contribution in [3.63, 3.8) is 0 Å². The second-order valence-electron chi connectivity index (χ2n) is 4.05. The lowest BCUT2D eigenvalue weighted by Gasteiger charge is -2.12. The van der Waals surface area contributed by atoms with E-state index in [1.165, 1.54) is 19.3 Å². The molecule has 0 N–H and O–H groups in total. The Morgan fingerprint density at radius 2 is 2.08 bits per heavy atom. The minimum atomic E-state index is 0.416. The summed E-state index contributed by atoms with van der Waals surface area (Å²) in [5.74, 6) is 3.14. The minimum absolute atomic E-state index is 0.416. The van der Waals surface area contributed by atoms with Crippen molar-refractivity contribution in [3.8, 4) is 0 Å². The number of hydrogen-bond donors (Lipinski definition) is 0. The van der Waals surface area contributed by atoms with Crippen molar-refractivity contribution in [2.45, 2.75) is 31.2 Å². The molecule has 2 unspecified atom stereocenters. The Bertz CT molecular complexity index is 314. The van der Waals surface area contributed by atoms with E-state index in [0.717, 1.165) is 17.7 Å². The fraction of sp³-hybridized carbons (Fsp3) is 0.875. The van der Waals surface area contributed by atoms with Gasteiger partial charge in [0, 0.05) is 0 Å². The van der Waals surface area contributed by atoms with Crippen LogP contribution in [0.15, 0.2) is 0 Å². The van der Waals surface area contributed by atoms with Crippen LogP contribution < -0.4 is 0 Å². The van der Waals surface area contributed by atoms with E-state index in [4.69, 9.17) is 11.6 Å². The van der Waals surface area contributed by atoms with E-state index in [-0.39, 0.29) is 0 Å². The van der Waals surface area contributed by atoms with Gasteiger partial charge in [0.25, 0.3) is 0 Å². The van der Waals surface area contributed by atoms with Crippen LogP contribution in [0.1, 0.15) is 31.1 Å². The molecule has 2 atom stereocenters. The lowest BCUT2D eigenvalue weighted by Crippen LogP contribution is -2.11. The molecule has 0 bridgehead atoms. The van der Waals surface area contributed by atoms with Crippen LogP contribution in [0.2, 0.25) is 0 Å². The van der Waals surface area contributed by atoms with Crippen LogP contribution in [0, 0.1) is 11.8 Å². The van der Waals surface area contributed by atoms with Crippen LogP contribution in [-0.2, 0) is 5.88 Å². The third-order valence-corrected chi connectivity index (χ3v) is 3.48. The van der Waals surface area contributed by atoms with Gasteiger partial charge in [0.15, 0.2) is 5.82 Å². The molecule has 1 aromatic rings. The van der Waals surface area contributed by atoms with Crippen molar-refractivity contribution >= 4 is 11.6 Å². The molecule has 1 aromatic heterocycles. The fourth-order valence-corrected chi connectivity index (χ4v) is 2.64. The predicted molar refractivity (Wildman–Crippen MR) is 47.2 cm³/mol. The van der Waals surface area contributed by atoms with E-state index in [2.05, 4.69) is 15.5 Å². The molecule has 1 heterocycles. The zero-order valence-corrected chi connectivity index (χ0v) is 7.98. The summed E-state index contributed by atoms with van der Waals surface area (Å²) in [4.78, 5) is 0. The number of nitrogens with zero attached hydrogens (tertiary/aromatic N) is 4. The SMILES string of the molecule is ClCc1nnnn1C1CC2CC2C1. The molecule has 2 aliphatic carbocycles. The van der Waals surface area contributed by atoms with Gasteiger partial charge in [0.2, 0.25) is 0 Å². The van der Waals surface area contributed by atoms with Crippen molar-refractivity contribution < 1.29 is 0 Å². The first-order valence-corrected chi connectivity index (χ1v) is 5.24. The lowest BCUT2D eigenvalue weighted by molar-refractivity contribution is 0.407. The Labute approximate surface area is 81.3 Å². The van der Waals surface area contributed by atoms with Crippen LogP contribution in [0.5, 0.6) is 0 Å². The van der Waals surface area contributed by atoms with Gasteiger partial charge in [-0.05, 0) is 41.5 Å². The summed E-state index contributed by atoms with van der Waals surface area (Å²) in [6.45, 7) is 0. The third kappa shape index (κ3) is 1.15. The number of rotatable bonds is 2. The molecule has 2 saturated carbocycles. The summed E-state index contributed by atoms with van der Waals surface area (Å²) in [6, 6.07) is 0.521. The van der Waals surface area contributed by atoms with E-state index in [1.54, 1.807) is 0 Å². The minimum Gasteiger partial charge on any atom is -0.225 e. The Balaban J connectivity index is 1.83. The van der Waals surface area contributed by atoms with E-state index in [9.17, 15) is 0 Å². The maximum Gasteiger partial charge on any atom is 0.166 e. The molecular formula is C8H11ClN4. The topological polar surface area (TPSA) is 43.6 Å². The Kier molecular flexibility index (Phi) is 1.59. The summed E-state index contributed by atoms with van der Waals surface area (Å²) in [7, 11) is 0. The van der Waals surface area contributed by atoms with Crippen LogP contribution in [-0.4, -0.2) is 20.2 Å². The first-order chi connectivity index (χ1) is 6.38. The second-order valence-corrected chi connectivity index (χ2v) is 4.32. The molecule has 2 fully saturated rings. The molecule has 2 aliphatic rings.